The van der Waals surface area contributed by atoms with Crippen molar-refractivity contribution in [2.75, 3.05) is 0 Å². The molecule has 0 bridgehead atoms. The fourth-order valence-electron chi connectivity index (χ4n) is 2.80. The van der Waals surface area contributed by atoms with Crippen LogP contribution in [0.3, 0.4) is 0 Å². The maximum absolute atomic E-state index is 10.9. The largest absolute Gasteiger partial charge is 0.495 e. The summed E-state index contributed by atoms with van der Waals surface area (Å²) in [5, 5.41) is 10.9. The molecular weight excluding hydrogens is 301 g/mol. The Bertz CT molecular complexity index is 695. The van der Waals surface area contributed by atoms with E-state index in [1.54, 1.807) is 6.92 Å². The average Bonchev–Trinajstić information content (AvgIpc) is 2.76. The van der Waals surface area contributed by atoms with Crippen molar-refractivity contribution in [3.63, 3.8) is 0 Å². The van der Waals surface area contributed by atoms with E-state index in [1.807, 2.05) is 75.4 Å². The molecule has 2 aromatic rings. The predicted molar refractivity (Wildman–Crippen MR) is 95.8 cm³/mol. The Balaban J connectivity index is 1.85. The Hall–Kier alpha value is -1.66. The van der Waals surface area contributed by atoms with Gasteiger partial charge in [0.1, 0.15) is 11.3 Å². The molecule has 126 valence electrons. The SMILES string of the molecule is CC(O)(c1ccccc1)c1ccc(B2OC(C)(C)C(C)(N)O2)cc1. The summed E-state index contributed by atoms with van der Waals surface area (Å²) in [6.07, 6.45) is 0. The van der Waals surface area contributed by atoms with Crippen LogP contribution in [-0.2, 0) is 14.9 Å². The van der Waals surface area contributed by atoms with E-state index in [0.717, 1.165) is 16.6 Å². The van der Waals surface area contributed by atoms with Gasteiger partial charge < -0.3 is 20.1 Å². The monoisotopic (exact) mass is 325 g/mol. The van der Waals surface area contributed by atoms with Crippen LogP contribution in [0.1, 0.15) is 38.8 Å². The molecule has 1 heterocycles. The topological polar surface area (TPSA) is 64.7 Å². The second kappa shape index (κ2) is 5.71. The maximum atomic E-state index is 10.9. The van der Waals surface area contributed by atoms with Gasteiger partial charge >= 0.3 is 7.12 Å². The molecule has 1 aliphatic rings. The second-order valence-corrected chi connectivity index (χ2v) is 7.25. The summed E-state index contributed by atoms with van der Waals surface area (Å²) >= 11 is 0. The Kier molecular flexibility index (Phi) is 4.08. The summed E-state index contributed by atoms with van der Waals surface area (Å²) in [6, 6.07) is 17.2. The first kappa shape index (κ1) is 17.2. The van der Waals surface area contributed by atoms with Crippen molar-refractivity contribution in [3.8, 4) is 0 Å². The van der Waals surface area contributed by atoms with Gasteiger partial charge in [-0.15, -0.1) is 0 Å². The van der Waals surface area contributed by atoms with Gasteiger partial charge in [0, 0.05) is 0 Å². The molecule has 0 aromatic heterocycles. The first-order valence-electron chi connectivity index (χ1n) is 8.16. The molecule has 0 radical (unpaired) electrons. The quantitative estimate of drug-likeness (QED) is 0.849. The maximum Gasteiger partial charge on any atom is 0.495 e. The number of aliphatic hydroxyl groups is 1. The normalized spacial score (nSPS) is 25.5. The lowest BCUT2D eigenvalue weighted by Gasteiger charge is -2.31. The van der Waals surface area contributed by atoms with Crippen molar-refractivity contribution in [2.45, 2.75) is 44.6 Å². The number of benzene rings is 2. The first-order chi connectivity index (χ1) is 11.1. The number of hydrogen-bond acceptors (Lipinski definition) is 4. The fourth-order valence-corrected chi connectivity index (χ4v) is 2.80. The molecule has 0 spiro atoms. The van der Waals surface area contributed by atoms with E-state index >= 15 is 0 Å². The molecule has 0 aliphatic carbocycles. The van der Waals surface area contributed by atoms with Gasteiger partial charge in [0.05, 0.1) is 5.60 Å². The zero-order valence-electron chi connectivity index (χ0n) is 14.6. The van der Waals surface area contributed by atoms with Gasteiger partial charge in [-0.05, 0) is 44.3 Å². The zero-order valence-corrected chi connectivity index (χ0v) is 14.6. The number of rotatable bonds is 3. The molecule has 0 amide bonds. The molecular formula is C19H24BNO3. The van der Waals surface area contributed by atoms with E-state index in [2.05, 4.69) is 0 Å². The summed E-state index contributed by atoms with van der Waals surface area (Å²) in [7, 11) is -0.509. The van der Waals surface area contributed by atoms with Crippen LogP contribution in [0.2, 0.25) is 0 Å². The highest BCUT2D eigenvalue weighted by Crippen LogP contribution is 2.33. The molecule has 2 unspecified atom stereocenters. The molecule has 2 aromatic carbocycles. The van der Waals surface area contributed by atoms with Crippen molar-refractivity contribution in [2.24, 2.45) is 5.73 Å². The molecule has 2 atom stereocenters. The standard InChI is InChI=1S/C19H24BNO3/c1-17(2)19(4,21)24-20(23-17)16-12-10-15(11-13-16)18(3,22)14-8-6-5-7-9-14/h5-13,22H,21H2,1-4H3. The Morgan fingerprint density at radius 1 is 0.917 bits per heavy atom. The summed E-state index contributed by atoms with van der Waals surface area (Å²) in [4.78, 5) is 0. The Labute approximate surface area is 143 Å². The van der Waals surface area contributed by atoms with Gasteiger partial charge in [-0.25, -0.2) is 0 Å². The van der Waals surface area contributed by atoms with Crippen LogP contribution in [0.4, 0.5) is 0 Å². The molecule has 1 fully saturated rings. The van der Waals surface area contributed by atoms with E-state index in [0.29, 0.717) is 0 Å². The average molecular weight is 325 g/mol. The van der Waals surface area contributed by atoms with Crippen molar-refractivity contribution in [1.29, 1.82) is 0 Å². The van der Waals surface area contributed by atoms with Crippen LogP contribution < -0.4 is 11.2 Å². The minimum absolute atomic E-state index is 0.509. The zero-order chi connectivity index (χ0) is 17.6. The van der Waals surface area contributed by atoms with Crippen LogP contribution in [0.5, 0.6) is 0 Å². The van der Waals surface area contributed by atoms with Crippen molar-refractivity contribution >= 4 is 12.6 Å². The van der Waals surface area contributed by atoms with Gasteiger partial charge in [-0.2, -0.15) is 0 Å². The highest BCUT2D eigenvalue weighted by Gasteiger charge is 2.52. The molecule has 0 saturated carbocycles. The smallest absolute Gasteiger partial charge is 0.398 e. The lowest BCUT2D eigenvalue weighted by atomic mass is 9.77. The Morgan fingerprint density at radius 3 is 1.96 bits per heavy atom. The van der Waals surface area contributed by atoms with E-state index in [9.17, 15) is 5.11 Å². The first-order valence-corrected chi connectivity index (χ1v) is 8.16. The van der Waals surface area contributed by atoms with Crippen LogP contribution >= 0.6 is 0 Å². The molecule has 3 rings (SSSR count). The molecule has 4 nitrogen and oxygen atoms in total. The van der Waals surface area contributed by atoms with Gasteiger partial charge in [0.2, 0.25) is 0 Å². The minimum atomic E-state index is -1.06. The highest BCUT2D eigenvalue weighted by atomic mass is 16.7. The third kappa shape index (κ3) is 2.89. The van der Waals surface area contributed by atoms with E-state index < -0.39 is 24.0 Å². The van der Waals surface area contributed by atoms with Gasteiger partial charge in [-0.3, -0.25) is 0 Å². The Morgan fingerprint density at radius 2 is 1.46 bits per heavy atom. The third-order valence-corrected chi connectivity index (χ3v) is 5.03. The van der Waals surface area contributed by atoms with Crippen LogP contribution in [0, 0.1) is 0 Å². The van der Waals surface area contributed by atoms with Gasteiger partial charge in [-0.1, -0.05) is 54.6 Å². The summed E-state index contributed by atoms with van der Waals surface area (Å²) < 4.78 is 11.8. The molecule has 3 N–H and O–H groups in total. The number of hydrogen-bond donors (Lipinski definition) is 2. The summed E-state index contributed by atoms with van der Waals surface area (Å²) in [5.74, 6) is 0. The van der Waals surface area contributed by atoms with Crippen molar-refractivity contribution in [3.05, 3.63) is 65.7 Å². The van der Waals surface area contributed by atoms with Crippen molar-refractivity contribution < 1.29 is 14.4 Å². The lowest BCUT2D eigenvalue weighted by molar-refractivity contribution is -0.00411. The highest BCUT2D eigenvalue weighted by molar-refractivity contribution is 6.62. The molecule has 5 heteroatoms. The summed E-state index contributed by atoms with van der Waals surface area (Å²) in [6.45, 7) is 7.45. The van der Waals surface area contributed by atoms with E-state index in [1.165, 1.54) is 0 Å². The lowest BCUT2D eigenvalue weighted by Crippen LogP contribution is -2.52. The second-order valence-electron chi connectivity index (χ2n) is 7.25. The van der Waals surface area contributed by atoms with E-state index in [4.69, 9.17) is 15.0 Å². The summed E-state index contributed by atoms with van der Waals surface area (Å²) in [5.41, 5.74) is 6.22. The van der Waals surface area contributed by atoms with Gasteiger partial charge in [0.25, 0.3) is 0 Å². The third-order valence-electron chi connectivity index (χ3n) is 5.03. The van der Waals surface area contributed by atoms with Crippen LogP contribution in [0.15, 0.2) is 54.6 Å². The molecule has 24 heavy (non-hydrogen) atoms. The predicted octanol–water partition coefficient (Wildman–Crippen LogP) is 2.14. The minimum Gasteiger partial charge on any atom is -0.398 e. The van der Waals surface area contributed by atoms with E-state index in [-0.39, 0.29) is 0 Å². The molecule has 1 aliphatic heterocycles. The number of nitrogens with two attached hydrogens (primary N) is 1. The van der Waals surface area contributed by atoms with Crippen LogP contribution in [0.25, 0.3) is 0 Å². The molecule has 1 saturated heterocycles. The van der Waals surface area contributed by atoms with Crippen molar-refractivity contribution in [1.82, 2.24) is 0 Å². The van der Waals surface area contributed by atoms with Gasteiger partial charge in [0.15, 0.2) is 0 Å². The fraction of sp³-hybridized carbons (Fsp3) is 0.368. The van der Waals surface area contributed by atoms with Crippen LogP contribution in [-0.4, -0.2) is 23.6 Å².